The van der Waals surface area contributed by atoms with Gasteiger partial charge in [-0.15, -0.1) is 0 Å². The fraction of sp³-hybridized carbons (Fsp3) is 0.833. The van der Waals surface area contributed by atoms with E-state index in [1.807, 2.05) is 18.8 Å². The quantitative estimate of drug-likeness (QED) is 0.558. The predicted octanol–water partition coefficient (Wildman–Crippen LogP) is 2.34. The molecule has 1 aliphatic heterocycles. The van der Waals surface area contributed by atoms with Gasteiger partial charge in [0.2, 0.25) is 0 Å². The van der Waals surface area contributed by atoms with E-state index in [0.29, 0.717) is 6.04 Å². The molecule has 1 rings (SSSR count). The van der Waals surface area contributed by atoms with Crippen LogP contribution in [0.5, 0.6) is 0 Å². The second-order valence-electron chi connectivity index (χ2n) is 3.15. The predicted molar refractivity (Wildman–Crippen MR) is 64.0 cm³/mol. The molecule has 0 aromatic heterocycles. The first-order chi connectivity index (χ1) is 5.44. The first kappa shape index (κ1) is 10.6. The number of nitrogens with one attached hydrogen (secondary N) is 1. The van der Waals surface area contributed by atoms with E-state index >= 15 is 0 Å². The van der Waals surface area contributed by atoms with Crippen LogP contribution in [-0.4, -0.2) is 22.9 Å². The molecule has 0 atom stereocenters. The molecule has 12 heavy (non-hydrogen) atoms. The molecule has 0 saturated carbocycles. The summed E-state index contributed by atoms with van der Waals surface area (Å²) < 4.78 is 1.98. The maximum atomic E-state index is 4.68. The third kappa shape index (κ3) is 2.28. The van der Waals surface area contributed by atoms with Gasteiger partial charge in [0.05, 0.1) is 0 Å². The van der Waals surface area contributed by atoms with E-state index in [-0.39, 0.29) is 0 Å². The number of hydrogen-bond acceptors (Lipinski definition) is 5. The van der Waals surface area contributed by atoms with Crippen LogP contribution < -0.4 is 5.09 Å². The molecule has 0 fully saturated rings. The summed E-state index contributed by atoms with van der Waals surface area (Å²) in [6.07, 6.45) is 0. The molecule has 6 heteroatoms. The second-order valence-corrected chi connectivity index (χ2v) is 11.3. The molecule has 0 radical (unpaired) electrons. The van der Waals surface area contributed by atoms with Crippen molar-refractivity contribution < 1.29 is 0 Å². The van der Waals surface area contributed by atoms with Crippen molar-refractivity contribution in [1.29, 1.82) is 0 Å². The fourth-order valence-electron chi connectivity index (χ4n) is 1.07. The Kier molecular flexibility index (Phi) is 3.32. The normalized spacial score (nSPS) is 24.5. The van der Waals surface area contributed by atoms with E-state index < -0.39 is 5.97 Å². The summed E-state index contributed by atoms with van der Waals surface area (Å²) in [4.78, 5) is 0. The van der Waals surface area contributed by atoms with Crippen LogP contribution >= 0.6 is 29.6 Å². The van der Waals surface area contributed by atoms with Crippen LogP contribution in [0.25, 0.3) is 0 Å². The fourth-order valence-corrected chi connectivity index (χ4v) is 7.99. The van der Waals surface area contributed by atoms with Crippen molar-refractivity contribution >= 4 is 34.6 Å². The summed E-state index contributed by atoms with van der Waals surface area (Å²) in [6, 6.07) is 0.463. The van der Waals surface area contributed by atoms with Gasteiger partial charge in [0.25, 0.3) is 0 Å². The van der Waals surface area contributed by atoms with E-state index in [1.165, 1.54) is 0 Å². The Morgan fingerprint density at radius 1 is 1.67 bits per heavy atom. The maximum absolute atomic E-state index is 4.68. The topological polar surface area (TPSA) is 27.6 Å². The van der Waals surface area contributed by atoms with Gasteiger partial charge in [-0.25, -0.2) is 0 Å². The molecule has 0 aromatic rings. The van der Waals surface area contributed by atoms with Gasteiger partial charge in [0.1, 0.15) is 0 Å². The Bertz CT molecular complexity index is 209. The van der Waals surface area contributed by atoms with Crippen LogP contribution in [0.1, 0.15) is 20.8 Å². The summed E-state index contributed by atoms with van der Waals surface area (Å²) in [5.41, 5.74) is 0. The van der Waals surface area contributed by atoms with E-state index in [2.05, 4.69) is 36.3 Å². The van der Waals surface area contributed by atoms with Crippen molar-refractivity contribution in [3.63, 3.8) is 0 Å². The zero-order valence-corrected chi connectivity index (χ0v) is 10.5. The van der Waals surface area contributed by atoms with Gasteiger partial charge < -0.3 is 0 Å². The molecular formula is C6H16N3PS2. The number of rotatable bonds is 2. The molecule has 0 bridgehead atoms. The van der Waals surface area contributed by atoms with Gasteiger partial charge in [-0.2, -0.15) is 0 Å². The SMILES string of the molecule is CC1=NN(C)[PH](S)(NC(C)C)S1. The van der Waals surface area contributed by atoms with Gasteiger partial charge in [0, 0.05) is 0 Å². The van der Waals surface area contributed by atoms with Crippen molar-refractivity contribution in [3.05, 3.63) is 0 Å². The molecule has 0 saturated heterocycles. The molecule has 0 spiro atoms. The summed E-state index contributed by atoms with van der Waals surface area (Å²) in [5, 5.41) is 8.91. The first-order valence-electron chi connectivity index (χ1n) is 3.92. The monoisotopic (exact) mass is 225 g/mol. The molecule has 1 N–H and O–H groups in total. The van der Waals surface area contributed by atoms with Crippen molar-refractivity contribution in [1.82, 2.24) is 9.87 Å². The molecule has 0 unspecified atom stereocenters. The second kappa shape index (κ2) is 3.74. The van der Waals surface area contributed by atoms with Gasteiger partial charge >= 0.3 is 83.5 Å². The van der Waals surface area contributed by atoms with Crippen molar-refractivity contribution in [3.8, 4) is 0 Å². The first-order valence-corrected chi connectivity index (χ1v) is 8.70. The third-order valence-electron chi connectivity index (χ3n) is 1.50. The molecule has 0 aliphatic carbocycles. The van der Waals surface area contributed by atoms with Crippen LogP contribution in [0.2, 0.25) is 0 Å². The van der Waals surface area contributed by atoms with Gasteiger partial charge in [-0.1, -0.05) is 0 Å². The van der Waals surface area contributed by atoms with Crippen LogP contribution in [0.15, 0.2) is 5.10 Å². The average Bonchev–Trinajstić information content (AvgIpc) is 2.04. The van der Waals surface area contributed by atoms with Crippen LogP contribution in [0.3, 0.4) is 0 Å². The van der Waals surface area contributed by atoms with Gasteiger partial charge in [-0.05, 0) is 0 Å². The van der Waals surface area contributed by atoms with E-state index in [1.54, 1.807) is 11.4 Å². The number of hydrazone groups is 1. The minimum atomic E-state index is -1.83. The summed E-state index contributed by atoms with van der Waals surface area (Å²) >= 11 is 6.45. The molecule has 0 amide bonds. The summed E-state index contributed by atoms with van der Waals surface area (Å²) in [5.74, 6) is -1.83. The Labute approximate surface area is 83.7 Å². The standard InChI is InChI=1S/C6H16N3PS2/c1-5(2)8-10(11)9(4)7-6(3)12-10/h5,8,10-11H,1-4H3. The molecular weight excluding hydrogens is 209 g/mol. The minimum absolute atomic E-state index is 0.463. The summed E-state index contributed by atoms with van der Waals surface area (Å²) in [6.45, 7) is 6.29. The zero-order chi connectivity index (χ0) is 9.35. The molecule has 0 aromatic carbocycles. The molecule has 1 heterocycles. The molecule has 3 nitrogen and oxygen atoms in total. The van der Waals surface area contributed by atoms with Crippen LogP contribution in [0, 0.1) is 0 Å². The van der Waals surface area contributed by atoms with E-state index in [4.69, 9.17) is 0 Å². The average molecular weight is 225 g/mol. The molecule has 72 valence electrons. The van der Waals surface area contributed by atoms with E-state index in [9.17, 15) is 0 Å². The Morgan fingerprint density at radius 2 is 2.25 bits per heavy atom. The number of thiol groups is 1. The third-order valence-corrected chi connectivity index (χ3v) is 9.05. The van der Waals surface area contributed by atoms with Gasteiger partial charge in [-0.3, -0.25) is 0 Å². The zero-order valence-electron chi connectivity index (χ0n) is 7.83. The Hall–Kier alpha value is 0.560. The number of nitrogens with zero attached hydrogens (tertiary/aromatic N) is 2. The van der Waals surface area contributed by atoms with Crippen molar-refractivity contribution in [2.24, 2.45) is 5.10 Å². The van der Waals surface area contributed by atoms with E-state index in [0.717, 1.165) is 5.04 Å². The van der Waals surface area contributed by atoms with Crippen molar-refractivity contribution in [2.75, 3.05) is 7.05 Å². The Morgan fingerprint density at radius 3 is 2.58 bits per heavy atom. The van der Waals surface area contributed by atoms with Gasteiger partial charge in [0.15, 0.2) is 0 Å². The van der Waals surface area contributed by atoms with Crippen molar-refractivity contribution in [2.45, 2.75) is 26.8 Å². The van der Waals surface area contributed by atoms with Crippen LogP contribution in [-0.2, 0) is 0 Å². The van der Waals surface area contributed by atoms with Crippen LogP contribution in [0.4, 0.5) is 0 Å². The Balaban J connectivity index is 2.63. The summed E-state index contributed by atoms with van der Waals surface area (Å²) in [7, 11) is 1.98. The number of hydrogen-bond donors (Lipinski definition) is 2. The molecule has 1 aliphatic rings.